The average molecular weight is 196 g/mol. The van der Waals surface area contributed by atoms with E-state index in [0.29, 0.717) is 0 Å². The van der Waals surface area contributed by atoms with Gasteiger partial charge in [-0.1, -0.05) is 26.3 Å². The van der Waals surface area contributed by atoms with Gasteiger partial charge in [-0.15, -0.1) is 5.73 Å². The molecule has 2 nitrogen and oxygen atoms in total. The normalized spacial score (nSPS) is 13.9. The molecule has 2 heteroatoms. The van der Waals surface area contributed by atoms with Gasteiger partial charge < -0.3 is 4.74 Å². The largest absolute Gasteiger partial charge is 0.455 e. The summed E-state index contributed by atoms with van der Waals surface area (Å²) < 4.78 is 5.23. The number of unbranched alkanes of at least 4 members (excludes halogenated alkanes) is 2. The molecule has 0 amide bonds. The number of hydrogen-bond donors (Lipinski definition) is 0. The monoisotopic (exact) mass is 196 g/mol. The zero-order valence-electron chi connectivity index (χ0n) is 9.43. The molecule has 0 aliphatic heterocycles. The average Bonchev–Trinajstić information content (AvgIpc) is 2.03. The van der Waals surface area contributed by atoms with Gasteiger partial charge in [0.25, 0.3) is 0 Å². The quantitative estimate of drug-likeness (QED) is 0.370. The van der Waals surface area contributed by atoms with E-state index in [-0.39, 0.29) is 5.97 Å². The van der Waals surface area contributed by atoms with Gasteiger partial charge in [0.1, 0.15) is 5.60 Å². The van der Waals surface area contributed by atoms with Crippen LogP contribution in [-0.2, 0) is 9.53 Å². The summed E-state index contributed by atoms with van der Waals surface area (Å²) in [6, 6.07) is 0. The SMILES string of the molecule is C=C=CC(C)(CCCCC)OC(C)=O. The summed E-state index contributed by atoms with van der Waals surface area (Å²) in [7, 11) is 0. The highest BCUT2D eigenvalue weighted by atomic mass is 16.6. The second kappa shape index (κ2) is 6.44. The fourth-order valence-electron chi connectivity index (χ4n) is 1.42. The molecule has 0 saturated heterocycles. The molecule has 0 aliphatic rings. The molecular formula is C12H20O2. The first-order chi connectivity index (χ1) is 6.54. The highest BCUT2D eigenvalue weighted by Gasteiger charge is 2.23. The molecule has 0 saturated carbocycles. The molecule has 0 heterocycles. The van der Waals surface area contributed by atoms with Crippen LogP contribution in [0, 0.1) is 0 Å². The lowest BCUT2D eigenvalue weighted by atomic mass is 9.98. The van der Waals surface area contributed by atoms with Crippen LogP contribution < -0.4 is 0 Å². The van der Waals surface area contributed by atoms with Gasteiger partial charge in [0, 0.05) is 13.0 Å². The van der Waals surface area contributed by atoms with Crippen molar-refractivity contribution in [1.29, 1.82) is 0 Å². The molecule has 0 spiro atoms. The Morgan fingerprint density at radius 2 is 2.21 bits per heavy atom. The summed E-state index contributed by atoms with van der Waals surface area (Å²) in [6.07, 6.45) is 5.93. The summed E-state index contributed by atoms with van der Waals surface area (Å²) in [6.45, 7) is 8.97. The fourth-order valence-corrected chi connectivity index (χ4v) is 1.42. The molecule has 0 bridgehead atoms. The molecule has 0 aromatic carbocycles. The Kier molecular flexibility index (Phi) is 5.98. The van der Waals surface area contributed by atoms with E-state index in [2.05, 4.69) is 19.2 Å². The minimum atomic E-state index is -0.525. The third-order valence-electron chi connectivity index (χ3n) is 2.06. The molecule has 1 atom stereocenters. The second-order valence-electron chi connectivity index (χ2n) is 3.71. The molecule has 0 fully saturated rings. The van der Waals surface area contributed by atoms with Gasteiger partial charge in [-0.2, -0.15) is 0 Å². The van der Waals surface area contributed by atoms with E-state index in [1.807, 2.05) is 6.92 Å². The summed E-state index contributed by atoms with van der Waals surface area (Å²) in [4.78, 5) is 10.9. The zero-order valence-corrected chi connectivity index (χ0v) is 9.43. The standard InChI is InChI=1S/C12H20O2/c1-5-7-8-10-12(4,9-6-2)14-11(3)13/h9H,2,5,7-8,10H2,1,3-4H3. The van der Waals surface area contributed by atoms with E-state index in [1.165, 1.54) is 6.92 Å². The predicted octanol–water partition coefficient (Wildman–Crippen LogP) is 3.23. The van der Waals surface area contributed by atoms with Crippen LogP contribution >= 0.6 is 0 Å². The molecule has 0 aromatic rings. The van der Waals surface area contributed by atoms with Crippen LogP contribution in [0.25, 0.3) is 0 Å². The van der Waals surface area contributed by atoms with E-state index < -0.39 is 5.60 Å². The molecular weight excluding hydrogens is 176 g/mol. The molecule has 0 rings (SSSR count). The van der Waals surface area contributed by atoms with Crippen LogP contribution in [0.1, 0.15) is 46.5 Å². The topological polar surface area (TPSA) is 26.3 Å². The lowest BCUT2D eigenvalue weighted by Crippen LogP contribution is -2.28. The Morgan fingerprint density at radius 1 is 1.57 bits per heavy atom. The summed E-state index contributed by atoms with van der Waals surface area (Å²) in [5.41, 5.74) is 2.16. The van der Waals surface area contributed by atoms with Crippen LogP contribution in [0.5, 0.6) is 0 Å². The Bertz CT molecular complexity index is 226. The van der Waals surface area contributed by atoms with E-state index in [9.17, 15) is 4.79 Å². The number of carbonyl (C=O) groups is 1. The minimum Gasteiger partial charge on any atom is -0.455 e. The molecule has 1 unspecified atom stereocenters. The third-order valence-corrected chi connectivity index (χ3v) is 2.06. The highest BCUT2D eigenvalue weighted by Crippen LogP contribution is 2.20. The van der Waals surface area contributed by atoms with E-state index >= 15 is 0 Å². The Hall–Kier alpha value is -1.01. The first kappa shape index (κ1) is 13.0. The van der Waals surface area contributed by atoms with Crippen molar-refractivity contribution >= 4 is 5.97 Å². The van der Waals surface area contributed by atoms with Crippen molar-refractivity contribution < 1.29 is 9.53 Å². The smallest absolute Gasteiger partial charge is 0.303 e. The maximum absolute atomic E-state index is 10.9. The Balaban J connectivity index is 4.23. The van der Waals surface area contributed by atoms with E-state index in [1.54, 1.807) is 6.08 Å². The summed E-state index contributed by atoms with van der Waals surface area (Å²) >= 11 is 0. The van der Waals surface area contributed by atoms with Crippen LogP contribution in [0.15, 0.2) is 18.4 Å². The zero-order chi connectivity index (χ0) is 11.0. The van der Waals surface area contributed by atoms with Crippen LogP contribution in [0.2, 0.25) is 0 Å². The minimum absolute atomic E-state index is 0.254. The molecule has 0 aliphatic carbocycles. The predicted molar refractivity (Wildman–Crippen MR) is 58.0 cm³/mol. The number of rotatable bonds is 6. The van der Waals surface area contributed by atoms with Crippen molar-refractivity contribution in [1.82, 2.24) is 0 Å². The van der Waals surface area contributed by atoms with Crippen molar-refractivity contribution in [2.45, 2.75) is 52.1 Å². The molecule has 0 aromatic heterocycles. The second-order valence-corrected chi connectivity index (χ2v) is 3.71. The van der Waals surface area contributed by atoms with Gasteiger partial charge in [-0.25, -0.2) is 0 Å². The van der Waals surface area contributed by atoms with E-state index in [0.717, 1.165) is 25.7 Å². The van der Waals surface area contributed by atoms with Crippen LogP contribution in [-0.4, -0.2) is 11.6 Å². The number of ether oxygens (including phenoxy) is 1. The lowest BCUT2D eigenvalue weighted by molar-refractivity contribution is -0.151. The maximum Gasteiger partial charge on any atom is 0.303 e. The van der Waals surface area contributed by atoms with Crippen LogP contribution in [0.4, 0.5) is 0 Å². The maximum atomic E-state index is 10.9. The van der Waals surface area contributed by atoms with Crippen molar-refractivity contribution in [2.75, 3.05) is 0 Å². The molecule has 0 radical (unpaired) electrons. The number of esters is 1. The van der Waals surface area contributed by atoms with E-state index in [4.69, 9.17) is 4.74 Å². The highest BCUT2D eigenvalue weighted by molar-refractivity contribution is 5.66. The van der Waals surface area contributed by atoms with Crippen molar-refractivity contribution in [3.8, 4) is 0 Å². The van der Waals surface area contributed by atoms with Gasteiger partial charge in [0.05, 0.1) is 0 Å². The Labute approximate surface area is 86.6 Å². The van der Waals surface area contributed by atoms with Crippen molar-refractivity contribution in [3.63, 3.8) is 0 Å². The molecule has 14 heavy (non-hydrogen) atoms. The van der Waals surface area contributed by atoms with Gasteiger partial charge >= 0.3 is 5.97 Å². The Morgan fingerprint density at radius 3 is 2.64 bits per heavy atom. The molecule has 0 N–H and O–H groups in total. The van der Waals surface area contributed by atoms with Gasteiger partial charge in [0.2, 0.25) is 0 Å². The third kappa shape index (κ3) is 5.60. The lowest BCUT2D eigenvalue weighted by Gasteiger charge is -2.24. The van der Waals surface area contributed by atoms with Crippen LogP contribution in [0.3, 0.4) is 0 Å². The molecule has 80 valence electrons. The van der Waals surface area contributed by atoms with Crippen molar-refractivity contribution in [2.24, 2.45) is 0 Å². The fraction of sp³-hybridized carbons (Fsp3) is 0.667. The van der Waals surface area contributed by atoms with Gasteiger partial charge in [-0.05, 0) is 19.8 Å². The first-order valence-electron chi connectivity index (χ1n) is 5.10. The number of carbonyl (C=O) groups excluding carboxylic acids is 1. The summed E-state index contributed by atoms with van der Waals surface area (Å²) in [5, 5.41) is 0. The summed E-state index contributed by atoms with van der Waals surface area (Å²) in [5.74, 6) is -0.254. The van der Waals surface area contributed by atoms with Crippen molar-refractivity contribution in [3.05, 3.63) is 18.4 Å². The first-order valence-corrected chi connectivity index (χ1v) is 5.10. The van der Waals surface area contributed by atoms with Gasteiger partial charge in [0.15, 0.2) is 0 Å². The van der Waals surface area contributed by atoms with Gasteiger partial charge in [-0.3, -0.25) is 4.79 Å². The number of hydrogen-bond acceptors (Lipinski definition) is 2.